The molecule has 1 saturated heterocycles. The first kappa shape index (κ1) is 13.9. The average molecular weight is 245 g/mol. The Kier molecular flexibility index (Phi) is 4.44. The molecule has 0 radical (unpaired) electrons. The lowest BCUT2D eigenvalue weighted by molar-refractivity contribution is -0.160. The van der Waals surface area contributed by atoms with Crippen LogP contribution in [0.1, 0.15) is 6.92 Å². The van der Waals surface area contributed by atoms with E-state index in [2.05, 4.69) is 10.6 Å². The van der Waals surface area contributed by atoms with E-state index in [0.717, 1.165) is 0 Å². The lowest BCUT2D eigenvalue weighted by Gasteiger charge is -2.37. The molecule has 0 aliphatic carbocycles. The molecule has 0 bridgehead atoms. The predicted molar refractivity (Wildman–Crippen MR) is 60.6 cm³/mol. The van der Waals surface area contributed by atoms with Gasteiger partial charge in [-0.2, -0.15) is 0 Å². The number of β-amino-alcohol motifs (C(OH)–C–C–N with tert-alkyl or cyclic N) is 1. The third-order valence-electron chi connectivity index (χ3n) is 2.88. The summed E-state index contributed by atoms with van der Waals surface area (Å²) in [5.41, 5.74) is -1.84. The van der Waals surface area contributed by atoms with Crippen LogP contribution >= 0.6 is 0 Å². The van der Waals surface area contributed by atoms with E-state index in [1.807, 2.05) is 0 Å². The molecular weight excluding hydrogens is 226 g/mol. The summed E-state index contributed by atoms with van der Waals surface area (Å²) in [6, 6.07) is -0.445. The van der Waals surface area contributed by atoms with Crippen LogP contribution in [0.4, 0.5) is 0 Å². The molecule has 1 aliphatic rings. The molecule has 4 N–H and O–H groups in total. The van der Waals surface area contributed by atoms with Gasteiger partial charge in [0.25, 0.3) is 0 Å². The maximum Gasteiger partial charge on any atom is 0.336 e. The van der Waals surface area contributed by atoms with Gasteiger partial charge in [0, 0.05) is 33.2 Å². The van der Waals surface area contributed by atoms with Crippen molar-refractivity contribution in [3.8, 4) is 0 Å². The number of hydrogen-bond donors (Lipinski definition) is 4. The normalized spacial score (nSPS) is 25.0. The van der Waals surface area contributed by atoms with Crippen LogP contribution in [0.2, 0.25) is 0 Å². The van der Waals surface area contributed by atoms with Crippen LogP contribution in [0.3, 0.4) is 0 Å². The van der Waals surface area contributed by atoms with Gasteiger partial charge in [-0.1, -0.05) is 0 Å². The van der Waals surface area contributed by atoms with Crippen LogP contribution in [0.5, 0.6) is 0 Å². The Morgan fingerprint density at radius 2 is 2.24 bits per heavy atom. The van der Waals surface area contributed by atoms with E-state index in [1.54, 1.807) is 4.90 Å². The Hall–Kier alpha value is -1.18. The number of hydrogen-bond acceptors (Lipinski definition) is 5. The average Bonchev–Trinajstić information content (AvgIpc) is 2.28. The number of likely N-dealkylation sites (N-methyl/N-ethyl adjacent to an activating group) is 1. The van der Waals surface area contributed by atoms with Gasteiger partial charge in [0.2, 0.25) is 5.91 Å². The van der Waals surface area contributed by atoms with Crippen molar-refractivity contribution in [3.63, 3.8) is 0 Å². The van der Waals surface area contributed by atoms with Crippen molar-refractivity contribution in [1.82, 2.24) is 15.5 Å². The Morgan fingerprint density at radius 3 is 2.76 bits per heavy atom. The summed E-state index contributed by atoms with van der Waals surface area (Å²) in [5.74, 6) is -1.47. The minimum atomic E-state index is -1.84. The molecule has 0 aromatic rings. The quantitative estimate of drug-likeness (QED) is 0.450. The molecule has 98 valence electrons. The highest BCUT2D eigenvalue weighted by Crippen LogP contribution is 2.11. The fraction of sp³-hybridized carbons (Fsp3) is 0.800. The second kappa shape index (κ2) is 5.44. The van der Waals surface area contributed by atoms with E-state index >= 15 is 0 Å². The number of amides is 1. The van der Waals surface area contributed by atoms with Crippen molar-refractivity contribution in [1.29, 1.82) is 0 Å². The molecule has 7 nitrogen and oxygen atoms in total. The minimum absolute atomic E-state index is 0.0674. The fourth-order valence-electron chi connectivity index (χ4n) is 1.82. The smallest absolute Gasteiger partial charge is 0.336 e. The summed E-state index contributed by atoms with van der Waals surface area (Å²) >= 11 is 0. The van der Waals surface area contributed by atoms with Crippen molar-refractivity contribution in [2.45, 2.75) is 18.6 Å². The standard InChI is InChI=1S/C10H19N3O4/c1-10(17,9(15)16)6-13-4-3-12-5-7(13)8(14)11-2/h7,12,17H,3-6H2,1-2H3,(H,11,14)(H,15,16). The molecule has 2 atom stereocenters. The maximum absolute atomic E-state index is 11.6. The Bertz CT molecular complexity index is 306. The van der Waals surface area contributed by atoms with Crippen molar-refractivity contribution in [2.24, 2.45) is 0 Å². The molecule has 0 spiro atoms. The number of carboxylic acid groups (broad SMARTS) is 1. The van der Waals surface area contributed by atoms with Gasteiger partial charge >= 0.3 is 5.97 Å². The van der Waals surface area contributed by atoms with Gasteiger partial charge in [-0.15, -0.1) is 0 Å². The van der Waals surface area contributed by atoms with E-state index < -0.39 is 17.6 Å². The monoisotopic (exact) mass is 245 g/mol. The summed E-state index contributed by atoms with van der Waals surface area (Å²) < 4.78 is 0. The molecule has 0 aromatic heterocycles. The minimum Gasteiger partial charge on any atom is -0.479 e. The van der Waals surface area contributed by atoms with Crippen molar-refractivity contribution in [3.05, 3.63) is 0 Å². The van der Waals surface area contributed by atoms with Crippen molar-refractivity contribution < 1.29 is 19.8 Å². The third kappa shape index (κ3) is 3.39. The zero-order valence-electron chi connectivity index (χ0n) is 10.1. The fourth-order valence-corrected chi connectivity index (χ4v) is 1.82. The number of rotatable bonds is 4. The number of carboxylic acids is 1. The first-order valence-corrected chi connectivity index (χ1v) is 5.50. The second-order valence-corrected chi connectivity index (χ2v) is 4.38. The number of nitrogens with one attached hydrogen (secondary N) is 2. The van der Waals surface area contributed by atoms with Gasteiger partial charge in [0.15, 0.2) is 5.60 Å². The van der Waals surface area contributed by atoms with Crippen LogP contribution in [-0.2, 0) is 9.59 Å². The highest BCUT2D eigenvalue weighted by Gasteiger charge is 2.37. The first-order valence-electron chi connectivity index (χ1n) is 5.50. The number of piperazine rings is 1. The summed E-state index contributed by atoms with van der Waals surface area (Å²) in [6.07, 6.45) is 0. The van der Waals surface area contributed by atoms with E-state index in [-0.39, 0.29) is 12.5 Å². The van der Waals surface area contributed by atoms with E-state index in [1.165, 1.54) is 14.0 Å². The number of carbonyl (C=O) groups is 2. The lowest BCUT2D eigenvalue weighted by Crippen LogP contribution is -2.61. The van der Waals surface area contributed by atoms with Crippen LogP contribution in [0, 0.1) is 0 Å². The van der Waals surface area contributed by atoms with Gasteiger partial charge in [-0.3, -0.25) is 9.69 Å². The van der Waals surface area contributed by atoms with E-state index in [4.69, 9.17) is 5.11 Å². The molecule has 0 aromatic carbocycles. The SMILES string of the molecule is CNC(=O)C1CNCCN1CC(C)(O)C(=O)O. The molecule has 0 saturated carbocycles. The number of aliphatic hydroxyl groups is 1. The molecular formula is C10H19N3O4. The summed E-state index contributed by atoms with van der Waals surface area (Å²) in [4.78, 5) is 24.1. The Morgan fingerprint density at radius 1 is 1.59 bits per heavy atom. The summed E-state index contributed by atoms with van der Waals surface area (Å²) in [6.45, 7) is 2.82. The van der Waals surface area contributed by atoms with Gasteiger partial charge in [0.1, 0.15) is 6.04 Å². The van der Waals surface area contributed by atoms with Crippen LogP contribution in [-0.4, -0.2) is 71.9 Å². The van der Waals surface area contributed by atoms with E-state index in [0.29, 0.717) is 19.6 Å². The first-order chi connectivity index (χ1) is 7.88. The third-order valence-corrected chi connectivity index (χ3v) is 2.88. The second-order valence-electron chi connectivity index (χ2n) is 4.38. The lowest BCUT2D eigenvalue weighted by atomic mass is 10.0. The molecule has 1 aliphatic heterocycles. The zero-order chi connectivity index (χ0) is 13.1. The largest absolute Gasteiger partial charge is 0.479 e. The van der Waals surface area contributed by atoms with E-state index in [9.17, 15) is 14.7 Å². The zero-order valence-corrected chi connectivity index (χ0v) is 10.1. The Balaban J connectivity index is 2.72. The molecule has 1 amide bonds. The predicted octanol–water partition coefficient (Wildman–Crippen LogP) is -2.16. The maximum atomic E-state index is 11.6. The van der Waals surface area contributed by atoms with Crippen LogP contribution < -0.4 is 10.6 Å². The van der Waals surface area contributed by atoms with Crippen molar-refractivity contribution in [2.75, 3.05) is 33.2 Å². The number of aliphatic carboxylic acids is 1. The van der Waals surface area contributed by atoms with Gasteiger partial charge < -0.3 is 20.8 Å². The molecule has 1 rings (SSSR count). The number of nitrogens with zero attached hydrogens (tertiary/aromatic N) is 1. The highest BCUT2D eigenvalue weighted by molar-refractivity contribution is 5.82. The molecule has 2 unspecified atom stereocenters. The molecule has 1 fully saturated rings. The van der Waals surface area contributed by atoms with Gasteiger partial charge in [-0.25, -0.2) is 4.79 Å². The molecule has 7 heteroatoms. The van der Waals surface area contributed by atoms with Crippen LogP contribution in [0.15, 0.2) is 0 Å². The number of carbonyl (C=O) groups excluding carboxylic acids is 1. The molecule has 1 heterocycles. The molecule has 17 heavy (non-hydrogen) atoms. The Labute approximate surface area is 99.8 Å². The van der Waals surface area contributed by atoms with Crippen molar-refractivity contribution >= 4 is 11.9 Å². The summed E-state index contributed by atoms with van der Waals surface area (Å²) in [5, 5.41) is 24.2. The van der Waals surface area contributed by atoms with Crippen LogP contribution in [0.25, 0.3) is 0 Å². The van der Waals surface area contributed by atoms with Gasteiger partial charge in [0.05, 0.1) is 0 Å². The topological polar surface area (TPSA) is 102 Å². The highest BCUT2D eigenvalue weighted by atomic mass is 16.4. The van der Waals surface area contributed by atoms with Gasteiger partial charge in [-0.05, 0) is 6.92 Å². The summed E-state index contributed by atoms with van der Waals surface area (Å²) in [7, 11) is 1.53.